The Bertz CT molecular complexity index is 1090. The third-order valence-electron chi connectivity index (χ3n) is 5.18. The molecular weight excluding hydrogens is 374 g/mol. The van der Waals surface area contributed by atoms with Crippen LogP contribution in [-0.2, 0) is 6.54 Å². The summed E-state index contributed by atoms with van der Waals surface area (Å²) >= 11 is 0. The Kier molecular flexibility index (Phi) is 5.86. The lowest BCUT2D eigenvalue weighted by Crippen LogP contribution is -2.19. The van der Waals surface area contributed by atoms with Crippen molar-refractivity contribution in [1.29, 1.82) is 0 Å². The minimum Gasteiger partial charge on any atom is -0.497 e. The molecule has 4 aromatic rings. The van der Waals surface area contributed by atoms with Crippen molar-refractivity contribution in [3.8, 4) is 22.8 Å². The lowest BCUT2D eigenvalue weighted by Gasteiger charge is -2.14. The van der Waals surface area contributed by atoms with Gasteiger partial charge in [-0.2, -0.15) is 5.10 Å². The molecule has 0 saturated heterocycles. The highest BCUT2D eigenvalue weighted by Gasteiger charge is 2.14. The number of benzene rings is 2. The van der Waals surface area contributed by atoms with Crippen LogP contribution in [-0.4, -0.2) is 26.9 Å². The van der Waals surface area contributed by atoms with E-state index in [1.165, 1.54) is 5.56 Å². The van der Waals surface area contributed by atoms with Crippen LogP contribution in [0.15, 0.2) is 73.2 Å². The summed E-state index contributed by atoms with van der Waals surface area (Å²) in [5.74, 6) is 1.52. The number of rotatable bonds is 7. The number of aromatic nitrogens is 4. The normalized spacial score (nSPS) is 12.0. The van der Waals surface area contributed by atoms with E-state index in [9.17, 15) is 0 Å². The van der Waals surface area contributed by atoms with Crippen LogP contribution in [0.4, 0.5) is 0 Å². The lowest BCUT2D eigenvalue weighted by molar-refractivity contribution is 0.415. The third kappa shape index (κ3) is 4.23. The molecule has 1 atom stereocenters. The van der Waals surface area contributed by atoms with Gasteiger partial charge in [0.15, 0.2) is 5.82 Å². The smallest absolute Gasteiger partial charge is 0.159 e. The Morgan fingerprint density at radius 3 is 2.33 bits per heavy atom. The fourth-order valence-electron chi connectivity index (χ4n) is 3.39. The van der Waals surface area contributed by atoms with Gasteiger partial charge in [0.1, 0.15) is 5.75 Å². The molecule has 2 aromatic carbocycles. The van der Waals surface area contributed by atoms with Gasteiger partial charge in [0, 0.05) is 47.4 Å². The molecule has 0 bridgehead atoms. The summed E-state index contributed by atoms with van der Waals surface area (Å²) in [6, 6.07) is 18.1. The van der Waals surface area contributed by atoms with E-state index in [1.807, 2.05) is 65.7 Å². The van der Waals surface area contributed by atoms with Crippen LogP contribution >= 0.6 is 0 Å². The van der Waals surface area contributed by atoms with Gasteiger partial charge < -0.3 is 10.1 Å². The zero-order valence-corrected chi connectivity index (χ0v) is 17.4. The molecular formula is C24H25N5O. The van der Waals surface area contributed by atoms with Gasteiger partial charge in [-0.05, 0) is 50.2 Å². The van der Waals surface area contributed by atoms with E-state index in [-0.39, 0.29) is 6.04 Å². The number of hydrogen-bond donors (Lipinski definition) is 1. The van der Waals surface area contributed by atoms with E-state index in [4.69, 9.17) is 4.74 Å². The summed E-state index contributed by atoms with van der Waals surface area (Å²) in [5.41, 5.74) is 5.37. The lowest BCUT2D eigenvalue weighted by atomic mass is 10.1. The van der Waals surface area contributed by atoms with Crippen molar-refractivity contribution in [1.82, 2.24) is 25.1 Å². The van der Waals surface area contributed by atoms with Crippen LogP contribution in [0.5, 0.6) is 5.75 Å². The number of ether oxygens (including phenoxy) is 1. The van der Waals surface area contributed by atoms with Crippen LogP contribution in [0.3, 0.4) is 0 Å². The molecule has 30 heavy (non-hydrogen) atoms. The van der Waals surface area contributed by atoms with E-state index in [0.717, 1.165) is 28.3 Å². The molecule has 0 fully saturated rings. The molecule has 0 aliphatic carbocycles. The van der Waals surface area contributed by atoms with Crippen molar-refractivity contribution in [2.75, 3.05) is 7.11 Å². The number of nitrogens with zero attached hydrogens (tertiary/aromatic N) is 4. The van der Waals surface area contributed by atoms with Crippen molar-refractivity contribution in [3.63, 3.8) is 0 Å². The van der Waals surface area contributed by atoms with Crippen LogP contribution in [0.25, 0.3) is 17.1 Å². The van der Waals surface area contributed by atoms with Gasteiger partial charge in [-0.1, -0.05) is 18.2 Å². The molecule has 0 spiro atoms. The molecule has 1 N–H and O–H groups in total. The topological polar surface area (TPSA) is 64.9 Å². The van der Waals surface area contributed by atoms with Crippen LogP contribution in [0, 0.1) is 6.92 Å². The summed E-state index contributed by atoms with van der Waals surface area (Å²) in [6.45, 7) is 4.92. The summed E-state index contributed by atoms with van der Waals surface area (Å²) in [4.78, 5) is 9.02. The highest BCUT2D eigenvalue weighted by Crippen LogP contribution is 2.21. The molecule has 2 aromatic heterocycles. The standard InChI is InChI=1S/C24H25N5O/c1-17(23-16-28-29(18(23)2)21-7-5-4-6-8-21)25-13-19-14-26-24(27-15-19)20-9-11-22(30-3)12-10-20/h4-12,14-17,25H,13H2,1-3H3/t17-/m0/s1. The zero-order chi connectivity index (χ0) is 20.9. The van der Waals surface area contributed by atoms with E-state index >= 15 is 0 Å². The Labute approximate surface area is 176 Å². The monoisotopic (exact) mass is 399 g/mol. The Hall–Kier alpha value is -3.51. The first kappa shape index (κ1) is 19.8. The van der Waals surface area contributed by atoms with E-state index in [0.29, 0.717) is 12.4 Å². The summed E-state index contributed by atoms with van der Waals surface area (Å²) < 4.78 is 7.17. The maximum atomic E-state index is 5.19. The minimum absolute atomic E-state index is 0.156. The van der Waals surface area contributed by atoms with Crippen molar-refractivity contribution >= 4 is 0 Å². The van der Waals surface area contributed by atoms with Gasteiger partial charge in [-0.15, -0.1) is 0 Å². The highest BCUT2D eigenvalue weighted by atomic mass is 16.5. The van der Waals surface area contributed by atoms with Crippen LogP contribution in [0.1, 0.15) is 29.8 Å². The number of hydrogen-bond acceptors (Lipinski definition) is 5. The van der Waals surface area contributed by atoms with E-state index in [2.05, 4.69) is 46.4 Å². The molecule has 0 aliphatic heterocycles. The van der Waals surface area contributed by atoms with E-state index in [1.54, 1.807) is 7.11 Å². The quantitative estimate of drug-likeness (QED) is 0.496. The second-order valence-corrected chi connectivity index (χ2v) is 7.18. The molecule has 0 aliphatic rings. The van der Waals surface area contributed by atoms with Crippen molar-refractivity contribution in [2.45, 2.75) is 26.4 Å². The number of para-hydroxylation sites is 1. The molecule has 0 saturated carbocycles. The first-order valence-corrected chi connectivity index (χ1v) is 9.94. The van der Waals surface area contributed by atoms with E-state index < -0.39 is 0 Å². The molecule has 0 amide bonds. The Morgan fingerprint density at radius 1 is 0.967 bits per heavy atom. The van der Waals surface area contributed by atoms with Gasteiger partial charge >= 0.3 is 0 Å². The molecule has 6 heteroatoms. The summed E-state index contributed by atoms with van der Waals surface area (Å²) in [7, 11) is 1.66. The number of methoxy groups -OCH3 is 1. The largest absolute Gasteiger partial charge is 0.497 e. The summed E-state index contributed by atoms with van der Waals surface area (Å²) in [5, 5.41) is 8.11. The fourth-order valence-corrected chi connectivity index (χ4v) is 3.39. The number of nitrogens with one attached hydrogen (secondary N) is 1. The predicted octanol–water partition coefficient (Wildman–Crippen LogP) is 4.50. The second-order valence-electron chi connectivity index (χ2n) is 7.18. The van der Waals surface area contributed by atoms with Crippen LogP contribution in [0.2, 0.25) is 0 Å². The fraction of sp³-hybridized carbons (Fsp3) is 0.208. The van der Waals surface area contributed by atoms with Gasteiger partial charge in [-0.3, -0.25) is 0 Å². The van der Waals surface area contributed by atoms with Gasteiger partial charge in [0.05, 0.1) is 19.0 Å². The van der Waals surface area contributed by atoms with Crippen molar-refractivity contribution in [3.05, 3.63) is 90.0 Å². The maximum absolute atomic E-state index is 5.19. The molecule has 4 rings (SSSR count). The molecule has 0 unspecified atom stereocenters. The molecule has 152 valence electrons. The Balaban J connectivity index is 1.40. The second kappa shape index (κ2) is 8.88. The SMILES string of the molecule is COc1ccc(-c2ncc(CN[C@@H](C)c3cnn(-c4ccccc4)c3C)cn2)cc1. The molecule has 0 radical (unpaired) electrons. The minimum atomic E-state index is 0.156. The van der Waals surface area contributed by atoms with Crippen molar-refractivity contribution in [2.24, 2.45) is 0 Å². The zero-order valence-electron chi connectivity index (χ0n) is 17.4. The highest BCUT2D eigenvalue weighted by molar-refractivity contribution is 5.55. The first-order valence-electron chi connectivity index (χ1n) is 9.94. The average molecular weight is 399 g/mol. The average Bonchev–Trinajstić information content (AvgIpc) is 3.20. The molecule has 6 nitrogen and oxygen atoms in total. The van der Waals surface area contributed by atoms with Crippen molar-refractivity contribution < 1.29 is 4.74 Å². The first-order chi connectivity index (χ1) is 14.7. The molecule has 2 heterocycles. The maximum Gasteiger partial charge on any atom is 0.159 e. The third-order valence-corrected chi connectivity index (χ3v) is 5.18. The van der Waals surface area contributed by atoms with Gasteiger partial charge in [-0.25, -0.2) is 14.6 Å². The van der Waals surface area contributed by atoms with Gasteiger partial charge in [0.25, 0.3) is 0 Å². The summed E-state index contributed by atoms with van der Waals surface area (Å²) in [6.07, 6.45) is 5.67. The van der Waals surface area contributed by atoms with Crippen LogP contribution < -0.4 is 10.1 Å². The van der Waals surface area contributed by atoms with Gasteiger partial charge in [0.2, 0.25) is 0 Å². The Morgan fingerprint density at radius 2 is 1.67 bits per heavy atom. The predicted molar refractivity (Wildman–Crippen MR) is 118 cm³/mol.